The Kier molecular flexibility index (Phi) is 8.79. The van der Waals surface area contributed by atoms with Crippen LogP contribution in [-0.2, 0) is 11.2 Å². The van der Waals surface area contributed by atoms with Gasteiger partial charge in [-0.05, 0) is 68.4 Å². The Morgan fingerprint density at radius 1 is 1.06 bits per heavy atom. The Morgan fingerprint density at radius 2 is 1.82 bits per heavy atom. The third kappa shape index (κ3) is 7.05. The molecule has 0 N–H and O–H groups in total. The second kappa shape index (κ2) is 12.2. The highest BCUT2D eigenvalue weighted by Crippen LogP contribution is 2.21. The van der Waals surface area contributed by atoms with E-state index in [1.165, 1.54) is 5.56 Å². The standard InChI is InChI=1S/C28H38N2O3/c1-2-17-30(22-27-9-6-21-32-27)28(31)24-10-12-25(13-11-24)33-26-15-19-29(20-16-26)18-14-23-7-4-3-5-8-23/h3-5,7-8,10-13,26-27H,2,6,9,14-22H2,1H3/t27-/m1/s1. The molecule has 0 spiro atoms. The number of carbonyl (C=O) groups excluding carboxylic acids is 1. The molecule has 178 valence electrons. The van der Waals surface area contributed by atoms with Gasteiger partial charge in [-0.2, -0.15) is 0 Å². The quantitative estimate of drug-likeness (QED) is 0.521. The number of benzene rings is 2. The summed E-state index contributed by atoms with van der Waals surface area (Å²) in [5, 5.41) is 0. The Morgan fingerprint density at radius 3 is 2.48 bits per heavy atom. The second-order valence-corrected chi connectivity index (χ2v) is 9.31. The minimum atomic E-state index is 0.0885. The molecule has 2 saturated heterocycles. The molecule has 4 rings (SSSR count). The number of piperidine rings is 1. The van der Waals surface area contributed by atoms with Gasteiger partial charge in [0.15, 0.2) is 0 Å². The van der Waals surface area contributed by atoms with Crippen molar-refractivity contribution in [3.8, 4) is 5.75 Å². The number of rotatable bonds is 10. The Hall–Kier alpha value is -2.37. The smallest absolute Gasteiger partial charge is 0.253 e. The summed E-state index contributed by atoms with van der Waals surface area (Å²) in [6.07, 6.45) is 6.70. The van der Waals surface area contributed by atoms with Crippen molar-refractivity contribution >= 4 is 5.91 Å². The van der Waals surface area contributed by atoms with Crippen molar-refractivity contribution in [1.29, 1.82) is 0 Å². The molecule has 0 aromatic heterocycles. The van der Waals surface area contributed by atoms with Gasteiger partial charge in [-0.15, -0.1) is 0 Å². The van der Waals surface area contributed by atoms with Gasteiger partial charge in [0, 0.05) is 44.9 Å². The molecule has 5 heteroatoms. The maximum absolute atomic E-state index is 13.0. The molecule has 0 aliphatic carbocycles. The molecule has 2 aliphatic rings. The molecular formula is C28H38N2O3. The van der Waals surface area contributed by atoms with E-state index in [1.54, 1.807) is 0 Å². The molecule has 2 fully saturated rings. The molecule has 5 nitrogen and oxygen atoms in total. The zero-order valence-electron chi connectivity index (χ0n) is 20.0. The van der Waals surface area contributed by atoms with Crippen molar-refractivity contribution in [2.75, 3.05) is 39.3 Å². The number of carbonyl (C=O) groups is 1. The zero-order valence-corrected chi connectivity index (χ0v) is 20.0. The number of amides is 1. The van der Waals surface area contributed by atoms with E-state index in [0.29, 0.717) is 6.54 Å². The fourth-order valence-corrected chi connectivity index (χ4v) is 4.81. The number of nitrogens with zero attached hydrogens (tertiary/aromatic N) is 2. The van der Waals surface area contributed by atoms with Crippen molar-refractivity contribution in [3.05, 3.63) is 65.7 Å². The van der Waals surface area contributed by atoms with Crippen LogP contribution in [0.1, 0.15) is 54.9 Å². The predicted molar refractivity (Wildman–Crippen MR) is 132 cm³/mol. The fourth-order valence-electron chi connectivity index (χ4n) is 4.81. The molecule has 2 aromatic carbocycles. The summed E-state index contributed by atoms with van der Waals surface area (Å²) in [6, 6.07) is 18.4. The fraction of sp³-hybridized carbons (Fsp3) is 0.536. The lowest BCUT2D eigenvalue weighted by molar-refractivity contribution is 0.0526. The predicted octanol–water partition coefficient (Wildman–Crippen LogP) is 4.80. The van der Waals surface area contributed by atoms with Crippen LogP contribution in [0.4, 0.5) is 0 Å². The maximum Gasteiger partial charge on any atom is 0.253 e. The summed E-state index contributed by atoms with van der Waals surface area (Å²) < 4.78 is 12.0. The lowest BCUT2D eigenvalue weighted by atomic mass is 10.1. The van der Waals surface area contributed by atoms with Gasteiger partial charge in [-0.3, -0.25) is 4.79 Å². The first-order valence-electron chi connectivity index (χ1n) is 12.6. The normalized spacial score (nSPS) is 19.5. The average molecular weight is 451 g/mol. The van der Waals surface area contributed by atoms with Gasteiger partial charge < -0.3 is 19.3 Å². The average Bonchev–Trinajstić information content (AvgIpc) is 3.37. The molecule has 2 heterocycles. The van der Waals surface area contributed by atoms with E-state index in [9.17, 15) is 4.79 Å². The van der Waals surface area contributed by atoms with E-state index < -0.39 is 0 Å². The van der Waals surface area contributed by atoms with Crippen LogP contribution in [0.2, 0.25) is 0 Å². The van der Waals surface area contributed by atoms with Gasteiger partial charge in [0.2, 0.25) is 0 Å². The third-order valence-corrected chi connectivity index (χ3v) is 6.73. The van der Waals surface area contributed by atoms with Crippen LogP contribution in [0.5, 0.6) is 5.75 Å². The van der Waals surface area contributed by atoms with Crippen molar-refractivity contribution in [2.24, 2.45) is 0 Å². The molecule has 0 radical (unpaired) electrons. The Balaban J connectivity index is 1.23. The first-order valence-corrected chi connectivity index (χ1v) is 12.6. The molecular weight excluding hydrogens is 412 g/mol. The molecule has 1 atom stereocenters. The van der Waals surface area contributed by atoms with Crippen LogP contribution in [0.25, 0.3) is 0 Å². The van der Waals surface area contributed by atoms with Crippen molar-refractivity contribution < 1.29 is 14.3 Å². The molecule has 0 saturated carbocycles. The third-order valence-electron chi connectivity index (χ3n) is 6.73. The van der Waals surface area contributed by atoms with Crippen LogP contribution in [-0.4, -0.2) is 67.2 Å². The summed E-state index contributed by atoms with van der Waals surface area (Å²) in [7, 11) is 0. The van der Waals surface area contributed by atoms with Gasteiger partial charge in [0.05, 0.1) is 6.10 Å². The van der Waals surface area contributed by atoms with Crippen molar-refractivity contribution in [1.82, 2.24) is 9.80 Å². The topological polar surface area (TPSA) is 42.0 Å². The molecule has 33 heavy (non-hydrogen) atoms. The summed E-state index contributed by atoms with van der Waals surface area (Å²) in [5.74, 6) is 0.945. The second-order valence-electron chi connectivity index (χ2n) is 9.31. The number of likely N-dealkylation sites (tertiary alicyclic amines) is 1. The highest BCUT2D eigenvalue weighted by atomic mass is 16.5. The summed E-state index contributed by atoms with van der Waals surface area (Å²) >= 11 is 0. The SMILES string of the molecule is CCCN(C[C@H]1CCCO1)C(=O)c1ccc(OC2CCN(CCc3ccccc3)CC2)cc1. The van der Waals surface area contributed by atoms with E-state index in [1.807, 2.05) is 29.2 Å². The van der Waals surface area contributed by atoms with Crippen LogP contribution < -0.4 is 4.74 Å². The Labute approximate surface area is 198 Å². The highest BCUT2D eigenvalue weighted by Gasteiger charge is 2.24. The van der Waals surface area contributed by atoms with Gasteiger partial charge in [-0.1, -0.05) is 37.3 Å². The van der Waals surface area contributed by atoms with Crippen LogP contribution in [0.3, 0.4) is 0 Å². The van der Waals surface area contributed by atoms with E-state index in [0.717, 1.165) is 82.6 Å². The molecule has 2 aliphatic heterocycles. The lowest BCUT2D eigenvalue weighted by Gasteiger charge is -2.32. The van der Waals surface area contributed by atoms with E-state index >= 15 is 0 Å². The monoisotopic (exact) mass is 450 g/mol. The van der Waals surface area contributed by atoms with Gasteiger partial charge in [-0.25, -0.2) is 0 Å². The van der Waals surface area contributed by atoms with Crippen LogP contribution >= 0.6 is 0 Å². The minimum Gasteiger partial charge on any atom is -0.490 e. The van der Waals surface area contributed by atoms with Gasteiger partial charge in [0.25, 0.3) is 5.91 Å². The van der Waals surface area contributed by atoms with Crippen molar-refractivity contribution in [3.63, 3.8) is 0 Å². The van der Waals surface area contributed by atoms with Gasteiger partial charge in [0.1, 0.15) is 11.9 Å². The molecule has 0 bridgehead atoms. The van der Waals surface area contributed by atoms with E-state index in [2.05, 4.69) is 42.2 Å². The minimum absolute atomic E-state index is 0.0885. The molecule has 2 aromatic rings. The van der Waals surface area contributed by atoms with E-state index in [-0.39, 0.29) is 18.1 Å². The molecule has 1 amide bonds. The van der Waals surface area contributed by atoms with E-state index in [4.69, 9.17) is 9.47 Å². The number of hydrogen-bond acceptors (Lipinski definition) is 4. The lowest BCUT2D eigenvalue weighted by Crippen LogP contribution is -2.39. The van der Waals surface area contributed by atoms with Gasteiger partial charge >= 0.3 is 0 Å². The summed E-state index contributed by atoms with van der Waals surface area (Å²) in [5.41, 5.74) is 2.13. The highest BCUT2D eigenvalue weighted by molar-refractivity contribution is 5.94. The first-order chi connectivity index (χ1) is 16.2. The summed E-state index contributed by atoms with van der Waals surface area (Å²) in [4.78, 5) is 17.5. The van der Waals surface area contributed by atoms with Crippen LogP contribution in [0, 0.1) is 0 Å². The van der Waals surface area contributed by atoms with Crippen molar-refractivity contribution in [2.45, 2.75) is 57.7 Å². The largest absolute Gasteiger partial charge is 0.490 e. The summed E-state index contributed by atoms with van der Waals surface area (Å²) in [6.45, 7) is 7.63. The number of ether oxygens (including phenoxy) is 2. The van der Waals surface area contributed by atoms with Crippen LogP contribution in [0.15, 0.2) is 54.6 Å². The number of hydrogen-bond donors (Lipinski definition) is 0. The maximum atomic E-state index is 13.0. The molecule has 0 unspecified atom stereocenters. The first kappa shape index (κ1) is 23.8. The zero-order chi connectivity index (χ0) is 22.9. The Bertz CT molecular complexity index is 841.